The Hall–Kier alpha value is -1.10. The van der Waals surface area contributed by atoms with Gasteiger partial charge < -0.3 is 16.0 Å². The molecule has 0 bridgehead atoms. The zero-order chi connectivity index (χ0) is 9.70. The topological polar surface area (TPSA) is 75.4 Å². The van der Waals surface area contributed by atoms with Crippen LogP contribution in [0.15, 0.2) is 0 Å². The number of hydrogen-bond acceptors (Lipinski definition) is 3. The molecule has 0 heterocycles. The van der Waals surface area contributed by atoms with Gasteiger partial charge in [-0.15, -0.1) is 0 Å². The van der Waals surface area contributed by atoms with Crippen molar-refractivity contribution in [2.24, 2.45) is 5.73 Å². The van der Waals surface area contributed by atoms with E-state index in [4.69, 9.17) is 4.79 Å². The zero-order valence-electron chi connectivity index (χ0n) is 7.50. The lowest BCUT2D eigenvalue weighted by atomic mass is 11.0. The molecule has 5 nitrogen and oxygen atoms in total. The van der Waals surface area contributed by atoms with Crippen molar-refractivity contribution in [1.29, 1.82) is 0 Å². The molecule has 3 N–H and O–H groups in total. The molecule has 0 spiro atoms. The molecule has 92 valence electrons. The number of carbonyl (C=O) groups excluding carboxylic acids is 2. The first-order valence-corrected chi connectivity index (χ1v) is 2.96. The summed E-state index contributed by atoms with van der Waals surface area (Å²) in [7, 11) is 7.12. The first kappa shape index (κ1) is 38.4. The molecule has 2 amide bonds. The Kier molecular flexibility index (Phi) is 161. The third-order valence-electron chi connectivity index (χ3n) is 0.211. The van der Waals surface area contributed by atoms with Crippen LogP contribution < -0.4 is 11.1 Å². The lowest BCUT2D eigenvalue weighted by Gasteiger charge is -1.93. The number of carbonyl (C=O) groups is 2. The Morgan fingerprint density at radius 2 is 1.14 bits per heavy atom. The normalized spacial score (nSPS) is 4.57. The molecule has 0 saturated heterocycles. The van der Waals surface area contributed by atoms with Crippen LogP contribution in [0.4, 0.5) is 0 Å². The van der Waals surface area contributed by atoms with Crippen molar-refractivity contribution < 1.29 is 9.59 Å². The molecule has 0 saturated carbocycles. The van der Waals surface area contributed by atoms with Gasteiger partial charge in [-0.05, 0) is 14.1 Å². The van der Waals surface area contributed by atoms with Gasteiger partial charge in [-0.3, -0.25) is 9.59 Å². The number of hydrogen-bond donors (Lipinski definition) is 2. The number of nitrogens with zero attached hydrogens (tertiary/aromatic N) is 1. The molecule has 0 fully saturated rings. The van der Waals surface area contributed by atoms with Crippen molar-refractivity contribution in [3.8, 4) is 0 Å². The Morgan fingerprint density at radius 3 is 1.14 bits per heavy atom. The van der Waals surface area contributed by atoms with Crippen molar-refractivity contribution in [2.45, 2.75) is 22.3 Å². The Labute approximate surface area is 89.7 Å². The van der Waals surface area contributed by atoms with Crippen LogP contribution in [0.1, 0.15) is 22.3 Å². The van der Waals surface area contributed by atoms with Gasteiger partial charge in [0.2, 0.25) is 12.8 Å². The SMILES string of the molecule is C.C.C.CN(C)C=O.CNC.NC=O. The van der Waals surface area contributed by atoms with Crippen molar-refractivity contribution in [1.82, 2.24) is 10.2 Å². The lowest BCUT2D eigenvalue weighted by molar-refractivity contribution is -0.116. The highest BCUT2D eigenvalue weighted by Gasteiger charge is 1.68. The standard InChI is InChI=1S/C3H7NO.C2H7N.CH3NO.3CH4/c1-4(2)3-5;1-3-2;2-1-3;;;/h3H,1-2H3;3H,1-2H3;1H,(H2,2,3);3*1H4. The minimum Gasteiger partial charge on any atom is -0.372 e. The van der Waals surface area contributed by atoms with Gasteiger partial charge >= 0.3 is 0 Å². The van der Waals surface area contributed by atoms with Crippen LogP contribution in [0.3, 0.4) is 0 Å². The monoisotopic (exact) mass is 211 g/mol. The van der Waals surface area contributed by atoms with E-state index in [0.717, 1.165) is 6.41 Å². The van der Waals surface area contributed by atoms with Gasteiger partial charge in [-0.25, -0.2) is 0 Å². The van der Waals surface area contributed by atoms with Gasteiger partial charge in [0.25, 0.3) is 0 Å². The molecule has 0 aliphatic carbocycles. The molecular weight excluding hydrogens is 182 g/mol. The van der Waals surface area contributed by atoms with Crippen molar-refractivity contribution in [3.63, 3.8) is 0 Å². The summed E-state index contributed by atoms with van der Waals surface area (Å²) < 4.78 is 0. The van der Waals surface area contributed by atoms with E-state index in [1.54, 1.807) is 14.1 Å². The minimum atomic E-state index is 0. The summed E-state index contributed by atoms with van der Waals surface area (Å²) in [5.74, 6) is 0. The maximum atomic E-state index is 9.43. The van der Waals surface area contributed by atoms with E-state index >= 15 is 0 Å². The maximum Gasteiger partial charge on any atom is 0.209 e. The van der Waals surface area contributed by atoms with Crippen molar-refractivity contribution >= 4 is 12.8 Å². The molecule has 0 aliphatic heterocycles. The number of nitrogens with one attached hydrogen (secondary N) is 1. The first-order valence-electron chi connectivity index (χ1n) is 2.96. The molecule has 0 unspecified atom stereocenters. The van der Waals surface area contributed by atoms with E-state index in [0.29, 0.717) is 0 Å². The molecule has 0 aromatic rings. The molecular formula is C9H29N3O2. The van der Waals surface area contributed by atoms with Gasteiger partial charge in [-0.2, -0.15) is 0 Å². The Bertz CT molecular complexity index is 78.5. The average Bonchev–Trinajstić information content (AvgIpc) is 1.91. The number of primary amides is 1. The molecule has 14 heavy (non-hydrogen) atoms. The molecule has 0 rings (SSSR count). The summed E-state index contributed by atoms with van der Waals surface area (Å²) in [5, 5.41) is 2.75. The van der Waals surface area contributed by atoms with Crippen LogP contribution in [0.2, 0.25) is 0 Å². The van der Waals surface area contributed by atoms with Crippen molar-refractivity contribution in [3.05, 3.63) is 0 Å². The number of rotatable bonds is 1. The summed E-state index contributed by atoms with van der Waals surface area (Å²) in [6.45, 7) is 0. The summed E-state index contributed by atoms with van der Waals surface area (Å²) in [5.41, 5.74) is 4.17. The summed E-state index contributed by atoms with van der Waals surface area (Å²) in [6.07, 6.45) is 1.00. The highest BCUT2D eigenvalue weighted by atomic mass is 16.1. The molecule has 0 aromatic carbocycles. The van der Waals surface area contributed by atoms with Crippen molar-refractivity contribution in [2.75, 3.05) is 28.2 Å². The van der Waals surface area contributed by atoms with Crippen LogP contribution in [-0.4, -0.2) is 45.9 Å². The fraction of sp³-hybridized carbons (Fsp3) is 0.778. The highest BCUT2D eigenvalue weighted by molar-refractivity contribution is 5.45. The maximum absolute atomic E-state index is 9.43. The largest absolute Gasteiger partial charge is 0.372 e. The molecule has 0 atom stereocenters. The van der Waals surface area contributed by atoms with Gasteiger partial charge in [-0.1, -0.05) is 22.3 Å². The Balaban J connectivity index is -0.0000000162. The fourth-order valence-electron chi connectivity index (χ4n) is 0. The van der Waals surface area contributed by atoms with Crippen LogP contribution in [0.25, 0.3) is 0 Å². The van der Waals surface area contributed by atoms with Gasteiger partial charge in [0.15, 0.2) is 0 Å². The predicted molar refractivity (Wildman–Crippen MR) is 65.2 cm³/mol. The van der Waals surface area contributed by atoms with E-state index in [2.05, 4.69) is 11.1 Å². The van der Waals surface area contributed by atoms with Crippen LogP contribution in [-0.2, 0) is 9.59 Å². The van der Waals surface area contributed by atoms with Gasteiger partial charge in [0, 0.05) is 14.1 Å². The van der Waals surface area contributed by atoms with E-state index in [1.807, 2.05) is 14.1 Å². The third kappa shape index (κ3) is 1320. The van der Waals surface area contributed by atoms with E-state index in [1.165, 1.54) is 4.90 Å². The average molecular weight is 211 g/mol. The molecule has 0 aliphatic rings. The van der Waals surface area contributed by atoms with Crippen LogP contribution >= 0.6 is 0 Å². The molecule has 0 radical (unpaired) electrons. The summed E-state index contributed by atoms with van der Waals surface area (Å²) in [6, 6.07) is 0. The summed E-state index contributed by atoms with van der Waals surface area (Å²) in [4.78, 5) is 19.5. The van der Waals surface area contributed by atoms with Gasteiger partial charge in [0.05, 0.1) is 0 Å². The van der Waals surface area contributed by atoms with Gasteiger partial charge in [0.1, 0.15) is 0 Å². The second-order valence-corrected chi connectivity index (χ2v) is 1.71. The molecule has 5 heteroatoms. The van der Waals surface area contributed by atoms with Crippen LogP contribution in [0, 0.1) is 0 Å². The first-order chi connectivity index (χ1) is 5.10. The Morgan fingerprint density at radius 1 is 1.07 bits per heavy atom. The lowest BCUT2D eigenvalue weighted by Crippen LogP contribution is -2.06. The zero-order valence-corrected chi connectivity index (χ0v) is 7.50. The quantitative estimate of drug-likeness (QED) is 0.622. The van der Waals surface area contributed by atoms with E-state index in [-0.39, 0.29) is 28.7 Å². The highest BCUT2D eigenvalue weighted by Crippen LogP contribution is 1.52. The minimum absolute atomic E-state index is 0. The number of amides is 2. The van der Waals surface area contributed by atoms with E-state index in [9.17, 15) is 4.79 Å². The van der Waals surface area contributed by atoms with Crippen LogP contribution in [0.5, 0.6) is 0 Å². The van der Waals surface area contributed by atoms with E-state index < -0.39 is 0 Å². The fourth-order valence-corrected chi connectivity index (χ4v) is 0. The summed E-state index contributed by atoms with van der Waals surface area (Å²) >= 11 is 0. The third-order valence-corrected chi connectivity index (χ3v) is 0.211. The predicted octanol–water partition coefficient (Wildman–Crippen LogP) is 0.550. The second kappa shape index (κ2) is 58.9. The smallest absolute Gasteiger partial charge is 0.209 e. The number of nitrogens with two attached hydrogens (primary N) is 1. The second-order valence-electron chi connectivity index (χ2n) is 1.71. The molecule has 0 aromatic heterocycles.